The molecule has 2 heteroatoms. The molecule has 0 saturated carbocycles. The lowest BCUT2D eigenvalue weighted by Gasteiger charge is -2.23. The number of nitrogens with one attached hydrogen (secondary N) is 1. The van der Waals surface area contributed by atoms with Crippen molar-refractivity contribution in [3.8, 4) is 0 Å². The molecular weight excluding hydrogens is 237 g/mol. The summed E-state index contributed by atoms with van der Waals surface area (Å²) in [4.78, 5) is 0. The minimum absolute atomic E-state index is 0.0774. The quantitative estimate of drug-likeness (QED) is 0.885. The second-order valence-corrected chi connectivity index (χ2v) is 5.22. The van der Waals surface area contributed by atoms with Crippen LogP contribution in [0.25, 0.3) is 0 Å². The van der Waals surface area contributed by atoms with E-state index in [9.17, 15) is 4.39 Å². The summed E-state index contributed by atoms with van der Waals surface area (Å²) in [5.41, 5.74) is 3.59. The molecule has 0 bridgehead atoms. The van der Waals surface area contributed by atoms with Crippen LogP contribution in [0.2, 0.25) is 0 Å². The van der Waals surface area contributed by atoms with Gasteiger partial charge in [-0.2, -0.15) is 0 Å². The Kier molecular flexibility index (Phi) is 3.34. The zero-order chi connectivity index (χ0) is 13.2. The molecule has 0 radical (unpaired) electrons. The van der Waals surface area contributed by atoms with Gasteiger partial charge in [0, 0.05) is 11.6 Å². The number of halogens is 1. The Morgan fingerprint density at radius 1 is 1.00 bits per heavy atom. The standard InChI is InChI=1S/C17H18FN/c1-19-17(15-8-4-5-9-16(15)18)14-10-12-6-2-3-7-13(12)11-14/h2-9,14,17,19H,10-11H2,1H3. The summed E-state index contributed by atoms with van der Waals surface area (Å²) in [6.07, 6.45) is 2.05. The molecule has 0 heterocycles. The van der Waals surface area contributed by atoms with Crippen molar-refractivity contribution in [1.29, 1.82) is 0 Å². The normalized spacial score (nSPS) is 16.3. The van der Waals surface area contributed by atoms with E-state index in [1.54, 1.807) is 12.1 Å². The van der Waals surface area contributed by atoms with E-state index in [4.69, 9.17) is 0 Å². The van der Waals surface area contributed by atoms with Gasteiger partial charge in [0.25, 0.3) is 0 Å². The smallest absolute Gasteiger partial charge is 0.127 e. The van der Waals surface area contributed by atoms with Crippen molar-refractivity contribution < 1.29 is 4.39 Å². The predicted octanol–water partition coefficient (Wildman–Crippen LogP) is 3.50. The molecule has 1 aliphatic rings. The highest BCUT2D eigenvalue weighted by Gasteiger charge is 2.29. The number of hydrogen-bond donors (Lipinski definition) is 1. The molecule has 1 aliphatic carbocycles. The van der Waals surface area contributed by atoms with Crippen molar-refractivity contribution in [3.63, 3.8) is 0 Å². The van der Waals surface area contributed by atoms with Crippen molar-refractivity contribution >= 4 is 0 Å². The summed E-state index contributed by atoms with van der Waals surface area (Å²) < 4.78 is 14.0. The van der Waals surface area contributed by atoms with Crippen LogP contribution in [-0.4, -0.2) is 7.05 Å². The molecule has 1 N–H and O–H groups in total. The molecule has 0 spiro atoms. The van der Waals surface area contributed by atoms with Crippen molar-refractivity contribution in [2.75, 3.05) is 7.05 Å². The van der Waals surface area contributed by atoms with Gasteiger partial charge in [-0.15, -0.1) is 0 Å². The lowest BCUT2D eigenvalue weighted by Crippen LogP contribution is -2.26. The van der Waals surface area contributed by atoms with E-state index in [-0.39, 0.29) is 11.9 Å². The van der Waals surface area contributed by atoms with Crippen molar-refractivity contribution in [2.45, 2.75) is 18.9 Å². The van der Waals surface area contributed by atoms with E-state index in [2.05, 4.69) is 29.6 Å². The van der Waals surface area contributed by atoms with Crippen LogP contribution in [0, 0.1) is 11.7 Å². The fraction of sp³-hybridized carbons (Fsp3) is 0.294. The molecule has 0 aromatic heterocycles. The first kappa shape index (κ1) is 12.4. The van der Waals surface area contributed by atoms with Gasteiger partial charge in [0.05, 0.1) is 0 Å². The Labute approximate surface area is 113 Å². The molecule has 0 fully saturated rings. The van der Waals surface area contributed by atoms with E-state index >= 15 is 0 Å². The van der Waals surface area contributed by atoms with Gasteiger partial charge in [-0.3, -0.25) is 0 Å². The molecule has 2 aromatic rings. The van der Waals surface area contributed by atoms with Crippen LogP contribution in [0.5, 0.6) is 0 Å². The van der Waals surface area contributed by atoms with Crippen molar-refractivity contribution in [2.24, 2.45) is 5.92 Å². The number of benzene rings is 2. The fourth-order valence-corrected chi connectivity index (χ4v) is 3.20. The third kappa shape index (κ3) is 2.28. The van der Waals surface area contributed by atoms with Crippen LogP contribution >= 0.6 is 0 Å². The Bertz CT molecular complexity index is 554. The maximum Gasteiger partial charge on any atom is 0.127 e. The first-order valence-electron chi connectivity index (χ1n) is 6.78. The molecular formula is C17H18FN. The van der Waals surface area contributed by atoms with Gasteiger partial charge < -0.3 is 5.32 Å². The molecule has 1 unspecified atom stereocenters. The van der Waals surface area contributed by atoms with Crippen LogP contribution < -0.4 is 5.32 Å². The van der Waals surface area contributed by atoms with Gasteiger partial charge >= 0.3 is 0 Å². The summed E-state index contributed by atoms with van der Waals surface area (Å²) in [5.74, 6) is 0.317. The van der Waals surface area contributed by atoms with Gasteiger partial charge in [0.2, 0.25) is 0 Å². The first-order chi connectivity index (χ1) is 9.29. The highest BCUT2D eigenvalue weighted by atomic mass is 19.1. The molecule has 2 aromatic carbocycles. The maximum absolute atomic E-state index is 14.0. The van der Waals surface area contributed by atoms with E-state index in [0.29, 0.717) is 5.92 Å². The Morgan fingerprint density at radius 3 is 2.16 bits per heavy atom. The van der Waals surface area contributed by atoms with E-state index < -0.39 is 0 Å². The summed E-state index contributed by atoms with van der Waals surface area (Å²) in [5, 5.41) is 3.30. The van der Waals surface area contributed by atoms with Crippen LogP contribution in [0.15, 0.2) is 48.5 Å². The monoisotopic (exact) mass is 255 g/mol. The lowest BCUT2D eigenvalue weighted by atomic mass is 9.90. The molecule has 19 heavy (non-hydrogen) atoms. The molecule has 0 amide bonds. The average Bonchev–Trinajstić information content (AvgIpc) is 2.85. The van der Waals surface area contributed by atoms with Gasteiger partial charge in [-0.25, -0.2) is 4.39 Å². The maximum atomic E-state index is 14.0. The Balaban J connectivity index is 1.88. The topological polar surface area (TPSA) is 12.0 Å². The largest absolute Gasteiger partial charge is 0.313 e. The van der Waals surface area contributed by atoms with Gasteiger partial charge in [0.15, 0.2) is 0 Å². The average molecular weight is 255 g/mol. The van der Waals surface area contributed by atoms with Crippen molar-refractivity contribution in [3.05, 3.63) is 71.0 Å². The lowest BCUT2D eigenvalue weighted by molar-refractivity contribution is 0.384. The van der Waals surface area contributed by atoms with E-state index in [1.165, 1.54) is 11.1 Å². The van der Waals surface area contributed by atoms with E-state index in [1.807, 2.05) is 19.2 Å². The predicted molar refractivity (Wildman–Crippen MR) is 75.5 cm³/mol. The van der Waals surface area contributed by atoms with Crippen LogP contribution in [0.4, 0.5) is 4.39 Å². The third-order valence-electron chi connectivity index (χ3n) is 4.11. The molecule has 3 rings (SSSR count). The van der Waals surface area contributed by atoms with Gasteiger partial charge in [-0.05, 0) is 43.0 Å². The summed E-state index contributed by atoms with van der Waals surface area (Å²) >= 11 is 0. The zero-order valence-electron chi connectivity index (χ0n) is 11.1. The van der Waals surface area contributed by atoms with Gasteiger partial charge in [-0.1, -0.05) is 42.5 Å². The van der Waals surface area contributed by atoms with Crippen LogP contribution in [-0.2, 0) is 12.8 Å². The van der Waals surface area contributed by atoms with Crippen LogP contribution in [0.1, 0.15) is 22.7 Å². The Morgan fingerprint density at radius 2 is 1.58 bits per heavy atom. The molecule has 98 valence electrons. The fourth-order valence-electron chi connectivity index (χ4n) is 3.20. The zero-order valence-corrected chi connectivity index (χ0v) is 11.1. The SMILES string of the molecule is CNC(c1ccccc1F)C1Cc2ccccc2C1. The molecule has 1 atom stereocenters. The second kappa shape index (κ2) is 5.14. The molecule has 1 nitrogen and oxygen atoms in total. The van der Waals surface area contributed by atoms with E-state index in [0.717, 1.165) is 18.4 Å². The number of fused-ring (bicyclic) bond motifs is 1. The van der Waals surface area contributed by atoms with Gasteiger partial charge in [0.1, 0.15) is 5.82 Å². The summed E-state index contributed by atoms with van der Waals surface area (Å²) in [6.45, 7) is 0. The molecule has 0 aliphatic heterocycles. The first-order valence-corrected chi connectivity index (χ1v) is 6.78. The number of rotatable bonds is 3. The minimum atomic E-state index is -0.113. The summed E-state index contributed by atoms with van der Waals surface area (Å²) in [6, 6.07) is 15.7. The number of hydrogen-bond acceptors (Lipinski definition) is 1. The molecule has 0 saturated heterocycles. The summed E-state index contributed by atoms with van der Waals surface area (Å²) in [7, 11) is 1.92. The third-order valence-corrected chi connectivity index (χ3v) is 4.11. The second-order valence-electron chi connectivity index (χ2n) is 5.22. The van der Waals surface area contributed by atoms with Crippen LogP contribution in [0.3, 0.4) is 0 Å². The minimum Gasteiger partial charge on any atom is -0.313 e. The van der Waals surface area contributed by atoms with Crippen molar-refractivity contribution in [1.82, 2.24) is 5.32 Å². The highest BCUT2D eigenvalue weighted by Crippen LogP contribution is 2.35. The highest BCUT2D eigenvalue weighted by molar-refractivity contribution is 5.34. The Hall–Kier alpha value is -1.67.